The lowest BCUT2D eigenvalue weighted by Crippen LogP contribution is -2.43. The molecule has 0 aliphatic rings. The Balaban J connectivity index is 2.46. The number of hydrogen-bond donors (Lipinski definition) is 3. The first-order chi connectivity index (χ1) is 10.2. The molecule has 1 aromatic rings. The van der Waals surface area contributed by atoms with Gasteiger partial charge in [-0.15, -0.1) is 0 Å². The van der Waals surface area contributed by atoms with Crippen LogP contribution < -0.4 is 15.4 Å². The second kappa shape index (κ2) is 7.90. The molecule has 0 spiro atoms. The summed E-state index contributed by atoms with van der Waals surface area (Å²) in [5, 5.41) is 4.95. The van der Waals surface area contributed by atoms with Crippen LogP contribution in [-0.4, -0.2) is 39.4 Å². The van der Waals surface area contributed by atoms with E-state index in [9.17, 15) is 18.0 Å². The van der Waals surface area contributed by atoms with Gasteiger partial charge < -0.3 is 10.6 Å². The van der Waals surface area contributed by atoms with E-state index < -0.39 is 22.5 Å². The first-order valence-corrected chi connectivity index (χ1v) is 8.31. The molecule has 0 heterocycles. The van der Waals surface area contributed by atoms with Crippen LogP contribution in [0.25, 0.3) is 0 Å². The molecule has 1 aromatic carbocycles. The molecule has 8 heteroatoms. The molecule has 0 radical (unpaired) electrons. The maximum absolute atomic E-state index is 12.0. The number of aryl methyl sites for hydroxylation is 1. The normalized spacial score (nSPS) is 11.3. The third kappa shape index (κ3) is 6.23. The predicted octanol–water partition coefficient (Wildman–Crippen LogP) is -0.0859. The van der Waals surface area contributed by atoms with Gasteiger partial charge in [-0.1, -0.05) is 17.7 Å². The Hall–Kier alpha value is -1.93. The molecule has 2 amide bonds. The fourth-order valence-corrected chi connectivity index (χ4v) is 2.56. The number of nitrogens with one attached hydrogen (secondary N) is 3. The molecule has 0 fully saturated rings. The molecule has 0 aliphatic heterocycles. The summed E-state index contributed by atoms with van der Waals surface area (Å²) in [5.74, 6) is -0.903. The summed E-state index contributed by atoms with van der Waals surface area (Å²) in [5.41, 5.74) is 0.938. The minimum absolute atomic E-state index is 0.0237. The van der Waals surface area contributed by atoms with E-state index in [1.54, 1.807) is 26.0 Å². The molecule has 122 valence electrons. The average molecular weight is 327 g/mol. The van der Waals surface area contributed by atoms with Crippen LogP contribution in [-0.2, 0) is 19.6 Å². The lowest BCUT2D eigenvalue weighted by atomic mass is 10.2. The van der Waals surface area contributed by atoms with Crippen molar-refractivity contribution in [3.8, 4) is 0 Å². The molecule has 0 saturated heterocycles. The van der Waals surface area contributed by atoms with E-state index in [4.69, 9.17) is 0 Å². The van der Waals surface area contributed by atoms with Crippen LogP contribution in [0.5, 0.6) is 0 Å². The zero-order chi connectivity index (χ0) is 16.8. The van der Waals surface area contributed by atoms with E-state index in [2.05, 4.69) is 15.4 Å². The standard InChI is InChI=1S/C14H21N3O4S/c1-10(2)17-14(19)8-15-13(18)9-16-22(20,21)12-6-4-11(3)5-7-12/h4-7,10,16H,8-9H2,1-3H3,(H,15,18)(H,17,19). The lowest BCUT2D eigenvalue weighted by Gasteiger charge is -2.10. The van der Waals surface area contributed by atoms with Crippen LogP contribution in [0.15, 0.2) is 29.2 Å². The van der Waals surface area contributed by atoms with E-state index in [-0.39, 0.29) is 23.4 Å². The molecule has 1 rings (SSSR count). The van der Waals surface area contributed by atoms with Crippen molar-refractivity contribution in [2.24, 2.45) is 0 Å². The Kier molecular flexibility index (Phi) is 6.51. The van der Waals surface area contributed by atoms with Gasteiger partial charge in [0.25, 0.3) is 0 Å². The third-order valence-corrected chi connectivity index (χ3v) is 4.07. The minimum Gasteiger partial charge on any atom is -0.352 e. The SMILES string of the molecule is Cc1ccc(S(=O)(=O)NCC(=O)NCC(=O)NC(C)C)cc1. The van der Waals surface area contributed by atoms with E-state index >= 15 is 0 Å². The summed E-state index contributed by atoms with van der Waals surface area (Å²) in [4.78, 5) is 23.0. The van der Waals surface area contributed by atoms with Gasteiger partial charge in [0.05, 0.1) is 18.0 Å². The first-order valence-electron chi connectivity index (χ1n) is 6.83. The molecule has 22 heavy (non-hydrogen) atoms. The van der Waals surface area contributed by atoms with Gasteiger partial charge in [-0.25, -0.2) is 13.1 Å². The first kappa shape index (κ1) is 18.1. The lowest BCUT2D eigenvalue weighted by molar-refractivity contribution is -0.125. The fraction of sp³-hybridized carbons (Fsp3) is 0.429. The summed E-state index contributed by atoms with van der Waals surface area (Å²) >= 11 is 0. The Labute approximate surface area is 130 Å². The summed E-state index contributed by atoms with van der Waals surface area (Å²) in [6.07, 6.45) is 0. The molecule has 0 saturated carbocycles. The maximum atomic E-state index is 12.0. The number of carbonyl (C=O) groups excluding carboxylic acids is 2. The smallest absolute Gasteiger partial charge is 0.241 e. The highest BCUT2D eigenvalue weighted by Crippen LogP contribution is 2.09. The maximum Gasteiger partial charge on any atom is 0.241 e. The van der Waals surface area contributed by atoms with Crippen LogP contribution in [0.3, 0.4) is 0 Å². The number of sulfonamides is 1. The van der Waals surface area contributed by atoms with Gasteiger partial charge in [0, 0.05) is 6.04 Å². The molecule has 0 aromatic heterocycles. The minimum atomic E-state index is -3.74. The van der Waals surface area contributed by atoms with Gasteiger partial charge in [-0.05, 0) is 32.9 Å². The van der Waals surface area contributed by atoms with Gasteiger partial charge in [-0.2, -0.15) is 0 Å². The van der Waals surface area contributed by atoms with Gasteiger partial charge in [0.1, 0.15) is 0 Å². The number of rotatable bonds is 7. The zero-order valence-corrected chi connectivity index (χ0v) is 13.7. The second-order valence-electron chi connectivity index (χ2n) is 5.14. The number of amides is 2. The number of benzene rings is 1. The van der Waals surface area contributed by atoms with Gasteiger partial charge in [-0.3, -0.25) is 9.59 Å². The van der Waals surface area contributed by atoms with Crippen LogP contribution in [0.1, 0.15) is 19.4 Å². The van der Waals surface area contributed by atoms with Crippen LogP contribution >= 0.6 is 0 Å². The van der Waals surface area contributed by atoms with Crippen molar-refractivity contribution < 1.29 is 18.0 Å². The highest BCUT2D eigenvalue weighted by atomic mass is 32.2. The highest BCUT2D eigenvalue weighted by molar-refractivity contribution is 7.89. The van der Waals surface area contributed by atoms with E-state index in [0.717, 1.165) is 5.56 Å². The van der Waals surface area contributed by atoms with Crippen molar-refractivity contribution in [1.29, 1.82) is 0 Å². The summed E-state index contributed by atoms with van der Waals surface area (Å²) in [6.45, 7) is 4.83. The van der Waals surface area contributed by atoms with Crippen molar-refractivity contribution in [2.45, 2.75) is 31.7 Å². The largest absolute Gasteiger partial charge is 0.352 e. The van der Waals surface area contributed by atoms with Crippen LogP contribution in [0, 0.1) is 6.92 Å². The second-order valence-corrected chi connectivity index (χ2v) is 6.90. The molecule has 0 aliphatic carbocycles. The van der Waals surface area contributed by atoms with Crippen LogP contribution in [0.4, 0.5) is 0 Å². The molecular formula is C14H21N3O4S. The Morgan fingerprint density at radius 3 is 2.18 bits per heavy atom. The summed E-state index contributed by atoms with van der Waals surface area (Å²) < 4.78 is 26.1. The van der Waals surface area contributed by atoms with Gasteiger partial charge in [0.2, 0.25) is 21.8 Å². The predicted molar refractivity (Wildman–Crippen MR) is 82.7 cm³/mol. The van der Waals surface area contributed by atoms with Crippen molar-refractivity contribution >= 4 is 21.8 Å². The van der Waals surface area contributed by atoms with Crippen LogP contribution in [0.2, 0.25) is 0 Å². The Morgan fingerprint density at radius 1 is 1.05 bits per heavy atom. The van der Waals surface area contributed by atoms with E-state index in [0.29, 0.717) is 0 Å². The van der Waals surface area contributed by atoms with Crippen molar-refractivity contribution in [3.63, 3.8) is 0 Å². The number of hydrogen-bond acceptors (Lipinski definition) is 4. The fourth-order valence-electron chi connectivity index (χ4n) is 1.58. The van der Waals surface area contributed by atoms with Crippen molar-refractivity contribution in [3.05, 3.63) is 29.8 Å². The summed E-state index contributed by atoms with van der Waals surface area (Å²) in [6, 6.07) is 6.25. The number of carbonyl (C=O) groups is 2. The van der Waals surface area contributed by atoms with Gasteiger partial charge >= 0.3 is 0 Å². The molecular weight excluding hydrogens is 306 g/mol. The average Bonchev–Trinajstić information content (AvgIpc) is 2.43. The van der Waals surface area contributed by atoms with Gasteiger partial charge in [0.15, 0.2) is 0 Å². The van der Waals surface area contributed by atoms with Crippen molar-refractivity contribution in [1.82, 2.24) is 15.4 Å². The Morgan fingerprint density at radius 2 is 1.64 bits per heavy atom. The monoisotopic (exact) mass is 327 g/mol. The molecule has 0 atom stereocenters. The molecule has 0 bridgehead atoms. The molecule has 7 nitrogen and oxygen atoms in total. The summed E-state index contributed by atoms with van der Waals surface area (Å²) in [7, 11) is -3.74. The highest BCUT2D eigenvalue weighted by Gasteiger charge is 2.15. The molecule has 0 unspecified atom stereocenters. The zero-order valence-electron chi connectivity index (χ0n) is 12.8. The van der Waals surface area contributed by atoms with E-state index in [1.807, 2.05) is 6.92 Å². The quantitative estimate of drug-likeness (QED) is 0.651. The third-order valence-electron chi connectivity index (χ3n) is 2.65. The van der Waals surface area contributed by atoms with Crippen molar-refractivity contribution in [2.75, 3.05) is 13.1 Å². The topological polar surface area (TPSA) is 104 Å². The van der Waals surface area contributed by atoms with E-state index in [1.165, 1.54) is 12.1 Å². The Bertz CT molecular complexity index is 624. The molecule has 3 N–H and O–H groups in total.